The van der Waals surface area contributed by atoms with Gasteiger partial charge >= 0.3 is 12.4 Å². The molecule has 2 heterocycles. The summed E-state index contributed by atoms with van der Waals surface area (Å²) in [5.41, 5.74) is -1.36. The molecule has 0 spiro atoms. The molecule has 40 heavy (non-hydrogen) atoms. The highest BCUT2D eigenvalue weighted by Gasteiger charge is 2.34. The zero-order valence-corrected chi connectivity index (χ0v) is 20.7. The Bertz CT molecular complexity index is 1490. The van der Waals surface area contributed by atoms with Crippen molar-refractivity contribution in [2.75, 3.05) is 10.6 Å². The molecule has 208 valence electrons. The minimum Gasteiger partial charge on any atom is -0.350 e. The highest BCUT2D eigenvalue weighted by atomic mass is 35.5. The molecule has 2 aromatic heterocycles. The van der Waals surface area contributed by atoms with Crippen LogP contribution >= 0.6 is 11.6 Å². The number of pyridine rings is 1. The van der Waals surface area contributed by atoms with Crippen molar-refractivity contribution in [1.82, 2.24) is 19.9 Å². The topological polar surface area (TPSA) is 100 Å². The smallest absolute Gasteiger partial charge is 0.350 e. The molecule has 2 aromatic carbocycles. The van der Waals surface area contributed by atoms with E-state index in [0.29, 0.717) is 23.3 Å². The van der Waals surface area contributed by atoms with Gasteiger partial charge in [-0.15, -0.1) is 5.11 Å². The fourth-order valence-electron chi connectivity index (χ4n) is 3.17. The summed E-state index contributed by atoms with van der Waals surface area (Å²) in [6, 6.07) is 9.79. The van der Waals surface area contributed by atoms with Crippen LogP contribution in [0.5, 0.6) is 0 Å². The molecular weight excluding hydrogens is 569 g/mol. The van der Waals surface area contributed by atoms with E-state index in [2.05, 4.69) is 40.8 Å². The van der Waals surface area contributed by atoms with Gasteiger partial charge in [0.05, 0.1) is 17.7 Å². The summed E-state index contributed by atoms with van der Waals surface area (Å²) in [5, 5.41) is 13.5. The Labute approximate surface area is 226 Å². The summed E-state index contributed by atoms with van der Waals surface area (Å²) >= 11 is 5.78. The SMILES string of the molecule is Fc1ccc(Nc2nc(N=NCc3ccc(C(F)(F)F)cc3)nc(NCc3ccc(Cl)nc3)n2)cc1C(F)(F)F. The van der Waals surface area contributed by atoms with E-state index in [1.165, 1.54) is 18.3 Å². The summed E-state index contributed by atoms with van der Waals surface area (Å²) in [5.74, 6) is -2.01. The van der Waals surface area contributed by atoms with Gasteiger partial charge < -0.3 is 10.6 Å². The maximum absolute atomic E-state index is 13.7. The van der Waals surface area contributed by atoms with E-state index in [9.17, 15) is 30.7 Å². The van der Waals surface area contributed by atoms with Crippen LogP contribution in [-0.2, 0) is 25.4 Å². The van der Waals surface area contributed by atoms with Crippen LogP contribution in [0.15, 0.2) is 71.0 Å². The second-order valence-corrected chi connectivity index (χ2v) is 8.42. The van der Waals surface area contributed by atoms with Gasteiger partial charge in [0.2, 0.25) is 11.9 Å². The molecular formula is C24H16ClF7N8. The standard InChI is InChI=1S/C24H16ClF7N8/c25-19-8-3-14(10-33-19)11-34-20-37-21(36-16-6-7-18(26)17(9-16)24(30,31)32)39-22(38-20)40-35-12-13-1-4-15(5-2-13)23(27,28)29/h1-10H,11-12H2,(H2,34,36,37,38,39). The van der Waals surface area contributed by atoms with Gasteiger partial charge in [0.15, 0.2) is 0 Å². The highest BCUT2D eigenvalue weighted by molar-refractivity contribution is 6.29. The van der Waals surface area contributed by atoms with Gasteiger partial charge in [-0.1, -0.05) is 29.8 Å². The number of azo groups is 1. The van der Waals surface area contributed by atoms with E-state index in [-0.39, 0.29) is 41.8 Å². The van der Waals surface area contributed by atoms with Gasteiger partial charge in [-0.05, 0) is 47.5 Å². The van der Waals surface area contributed by atoms with Crippen molar-refractivity contribution in [2.24, 2.45) is 10.2 Å². The Kier molecular flexibility index (Phi) is 8.42. The quantitative estimate of drug-likeness (QED) is 0.125. The number of alkyl halides is 6. The lowest BCUT2D eigenvalue weighted by molar-refractivity contribution is -0.140. The molecule has 0 fully saturated rings. The average molecular weight is 585 g/mol. The molecule has 0 unspecified atom stereocenters. The van der Waals surface area contributed by atoms with Crippen LogP contribution in [0, 0.1) is 5.82 Å². The van der Waals surface area contributed by atoms with Crippen molar-refractivity contribution >= 4 is 35.1 Å². The first-order valence-electron chi connectivity index (χ1n) is 11.1. The number of halogens is 8. The molecule has 4 rings (SSSR count). The van der Waals surface area contributed by atoms with Crippen LogP contribution in [0.2, 0.25) is 5.15 Å². The summed E-state index contributed by atoms with van der Waals surface area (Å²) in [7, 11) is 0. The van der Waals surface area contributed by atoms with Crippen LogP contribution in [0.1, 0.15) is 22.3 Å². The van der Waals surface area contributed by atoms with Crippen molar-refractivity contribution in [3.63, 3.8) is 0 Å². The number of rotatable bonds is 8. The van der Waals surface area contributed by atoms with E-state index in [1.54, 1.807) is 12.1 Å². The predicted octanol–water partition coefficient (Wildman–Crippen LogP) is 7.74. The fraction of sp³-hybridized carbons (Fsp3) is 0.167. The number of hydrogen-bond donors (Lipinski definition) is 2. The minimum absolute atomic E-state index is 0.0471. The van der Waals surface area contributed by atoms with Crippen LogP contribution in [0.3, 0.4) is 0 Å². The summed E-state index contributed by atoms with van der Waals surface area (Å²) in [6.45, 7) is 0.0588. The van der Waals surface area contributed by atoms with E-state index in [4.69, 9.17) is 11.6 Å². The summed E-state index contributed by atoms with van der Waals surface area (Å²) in [4.78, 5) is 16.1. The van der Waals surface area contributed by atoms with Crippen LogP contribution in [-0.4, -0.2) is 19.9 Å². The molecule has 16 heteroatoms. The molecule has 0 aliphatic carbocycles. The van der Waals surface area contributed by atoms with Gasteiger partial charge in [-0.25, -0.2) is 9.37 Å². The maximum Gasteiger partial charge on any atom is 0.419 e. The van der Waals surface area contributed by atoms with Gasteiger partial charge in [0.1, 0.15) is 11.0 Å². The summed E-state index contributed by atoms with van der Waals surface area (Å²) in [6.07, 6.45) is -7.92. The van der Waals surface area contributed by atoms with Crippen molar-refractivity contribution in [1.29, 1.82) is 0 Å². The van der Waals surface area contributed by atoms with Crippen LogP contribution in [0.4, 0.5) is 54.3 Å². The minimum atomic E-state index is -4.93. The Morgan fingerprint density at radius 1 is 0.800 bits per heavy atom. The van der Waals surface area contributed by atoms with Crippen molar-refractivity contribution in [2.45, 2.75) is 25.4 Å². The largest absolute Gasteiger partial charge is 0.419 e. The summed E-state index contributed by atoms with van der Waals surface area (Å²) < 4.78 is 91.3. The molecule has 0 saturated carbocycles. The highest BCUT2D eigenvalue weighted by Crippen LogP contribution is 2.33. The lowest BCUT2D eigenvalue weighted by Gasteiger charge is -2.12. The number of nitrogens with zero attached hydrogens (tertiary/aromatic N) is 6. The first-order chi connectivity index (χ1) is 18.9. The third kappa shape index (κ3) is 7.81. The van der Waals surface area contributed by atoms with Gasteiger partial charge in [0, 0.05) is 18.4 Å². The molecule has 0 radical (unpaired) electrons. The van der Waals surface area contributed by atoms with Gasteiger partial charge in [-0.3, -0.25) is 0 Å². The number of anilines is 3. The Morgan fingerprint density at radius 2 is 1.50 bits per heavy atom. The molecule has 0 saturated heterocycles. The Hall–Kier alpha value is -4.40. The third-order valence-electron chi connectivity index (χ3n) is 5.09. The van der Waals surface area contributed by atoms with E-state index < -0.39 is 29.3 Å². The zero-order chi connectivity index (χ0) is 28.9. The van der Waals surface area contributed by atoms with Crippen molar-refractivity contribution in [3.05, 3.63) is 94.0 Å². The zero-order valence-electron chi connectivity index (χ0n) is 19.9. The van der Waals surface area contributed by atoms with Crippen molar-refractivity contribution in [3.8, 4) is 0 Å². The fourth-order valence-corrected chi connectivity index (χ4v) is 3.28. The predicted molar refractivity (Wildman–Crippen MR) is 131 cm³/mol. The Morgan fingerprint density at radius 3 is 2.15 bits per heavy atom. The Balaban J connectivity index is 1.57. The molecule has 2 N–H and O–H groups in total. The first-order valence-corrected chi connectivity index (χ1v) is 11.5. The molecule has 4 aromatic rings. The monoisotopic (exact) mass is 584 g/mol. The molecule has 8 nitrogen and oxygen atoms in total. The lowest BCUT2D eigenvalue weighted by atomic mass is 10.1. The van der Waals surface area contributed by atoms with Gasteiger partial charge in [-0.2, -0.15) is 46.4 Å². The second-order valence-electron chi connectivity index (χ2n) is 8.04. The van der Waals surface area contributed by atoms with Gasteiger partial charge in [0.25, 0.3) is 5.95 Å². The van der Waals surface area contributed by atoms with Crippen molar-refractivity contribution < 1.29 is 30.7 Å². The first kappa shape index (κ1) is 28.6. The van der Waals surface area contributed by atoms with Crippen LogP contribution in [0.25, 0.3) is 0 Å². The third-order valence-corrected chi connectivity index (χ3v) is 5.31. The van der Waals surface area contributed by atoms with Crippen LogP contribution < -0.4 is 10.6 Å². The molecule has 0 bridgehead atoms. The second kappa shape index (κ2) is 11.8. The lowest BCUT2D eigenvalue weighted by Crippen LogP contribution is -2.10. The molecule has 0 atom stereocenters. The molecule has 0 amide bonds. The molecule has 0 aliphatic heterocycles. The maximum atomic E-state index is 13.7. The van der Waals surface area contributed by atoms with E-state index >= 15 is 0 Å². The normalized spacial score (nSPS) is 12.1. The van der Waals surface area contributed by atoms with E-state index in [1.807, 2.05) is 0 Å². The van der Waals surface area contributed by atoms with E-state index in [0.717, 1.165) is 18.2 Å². The number of hydrogen-bond acceptors (Lipinski definition) is 8. The number of benzene rings is 2. The number of nitrogens with one attached hydrogen (secondary N) is 2. The molecule has 0 aliphatic rings. The number of aromatic nitrogens is 4. The average Bonchev–Trinajstić information content (AvgIpc) is 2.89.